The topological polar surface area (TPSA) is 114 Å². The Balaban J connectivity index is 1.53. The first-order valence-corrected chi connectivity index (χ1v) is 12.9. The van der Waals surface area contributed by atoms with Crippen LogP contribution in [0.3, 0.4) is 0 Å². The maximum absolute atomic E-state index is 13.5. The van der Waals surface area contributed by atoms with E-state index in [1.165, 1.54) is 4.90 Å². The second kappa shape index (κ2) is 11.5. The molecule has 13 heteroatoms. The summed E-state index contributed by atoms with van der Waals surface area (Å²) in [5.74, 6) is -0.703. The summed E-state index contributed by atoms with van der Waals surface area (Å²) in [6.45, 7) is 3.94. The second-order valence-corrected chi connectivity index (χ2v) is 10.00. The Morgan fingerprint density at radius 1 is 1.13 bits per heavy atom. The molecule has 1 aliphatic rings. The number of thiocarbonyl (C=S) groups is 1. The summed E-state index contributed by atoms with van der Waals surface area (Å²) < 4.78 is 1.58. The molecule has 0 radical (unpaired) electrons. The van der Waals surface area contributed by atoms with E-state index in [1.807, 2.05) is 0 Å². The van der Waals surface area contributed by atoms with Crippen LogP contribution in [0.25, 0.3) is 0 Å². The van der Waals surface area contributed by atoms with Gasteiger partial charge in [-0.05, 0) is 75.0 Å². The average Bonchev–Trinajstić information content (AvgIpc) is 3.26. The lowest BCUT2D eigenvalue weighted by molar-refractivity contribution is -0.386. The minimum atomic E-state index is -0.841. The molecule has 0 unspecified atom stereocenters. The Morgan fingerprint density at radius 2 is 1.84 bits per heavy atom. The van der Waals surface area contributed by atoms with Crippen molar-refractivity contribution in [2.45, 2.75) is 39.3 Å². The number of amides is 2. The monoisotopic (exact) mass is 574 g/mol. The third-order valence-corrected chi connectivity index (χ3v) is 7.09. The fourth-order valence-corrected chi connectivity index (χ4v) is 5.16. The molecule has 4 rings (SSSR count). The normalized spacial score (nSPS) is 15.3. The Morgan fingerprint density at radius 3 is 2.47 bits per heavy atom. The Hall–Kier alpha value is -3.54. The van der Waals surface area contributed by atoms with E-state index in [2.05, 4.69) is 10.4 Å². The first-order chi connectivity index (χ1) is 18.1. The number of carbonyl (C=O) groups is 2. The van der Waals surface area contributed by atoms with E-state index in [9.17, 15) is 19.7 Å². The number of anilines is 2. The molecule has 2 heterocycles. The molecule has 0 spiro atoms. The maximum Gasteiger partial charge on any atom is 0.312 e. The minimum absolute atomic E-state index is 0.0126. The highest BCUT2D eigenvalue weighted by molar-refractivity contribution is 7.80. The highest BCUT2D eigenvalue weighted by atomic mass is 35.5. The number of hydrogen-bond acceptors (Lipinski definition) is 6. The van der Waals surface area contributed by atoms with Crippen molar-refractivity contribution in [2.75, 3.05) is 16.8 Å². The summed E-state index contributed by atoms with van der Waals surface area (Å²) in [5.41, 5.74) is 1.84. The molecule has 0 bridgehead atoms. The fourth-order valence-electron chi connectivity index (χ4n) is 4.43. The molecular weight excluding hydrogens is 551 g/mol. The van der Waals surface area contributed by atoms with Gasteiger partial charge in [-0.1, -0.05) is 29.3 Å². The highest BCUT2D eigenvalue weighted by Crippen LogP contribution is 2.29. The van der Waals surface area contributed by atoms with Gasteiger partial charge in [0.2, 0.25) is 5.91 Å². The van der Waals surface area contributed by atoms with Crippen LogP contribution in [0.4, 0.5) is 17.1 Å². The molecule has 1 atom stereocenters. The van der Waals surface area contributed by atoms with Gasteiger partial charge < -0.3 is 10.2 Å². The lowest BCUT2D eigenvalue weighted by Crippen LogP contribution is -2.38. The number of rotatable bonds is 9. The van der Waals surface area contributed by atoms with Crippen molar-refractivity contribution in [1.29, 1.82) is 0 Å². The van der Waals surface area contributed by atoms with E-state index in [-0.39, 0.29) is 29.0 Å². The number of hydrogen-bond donors (Lipinski definition) is 1. The zero-order chi connectivity index (χ0) is 27.6. The van der Waals surface area contributed by atoms with Crippen LogP contribution < -0.4 is 10.2 Å². The quantitative estimate of drug-likeness (QED) is 0.214. The van der Waals surface area contributed by atoms with Crippen LogP contribution in [-0.4, -0.2) is 49.1 Å². The fraction of sp³-hybridized carbons (Fsp3) is 0.280. The molecule has 0 saturated carbocycles. The summed E-state index contributed by atoms with van der Waals surface area (Å²) in [6.07, 6.45) is 0.342. The van der Waals surface area contributed by atoms with E-state index >= 15 is 0 Å². The summed E-state index contributed by atoms with van der Waals surface area (Å²) in [5, 5.41) is 19.6. The van der Waals surface area contributed by atoms with E-state index in [0.29, 0.717) is 52.3 Å². The molecule has 0 aliphatic carbocycles. The number of nitrogens with one attached hydrogen (secondary N) is 1. The number of nitro groups is 1. The minimum Gasteiger partial charge on any atom is -0.336 e. The molecule has 1 N–H and O–H groups in total. The van der Waals surface area contributed by atoms with Crippen LogP contribution in [0.2, 0.25) is 10.0 Å². The Labute approximate surface area is 234 Å². The highest BCUT2D eigenvalue weighted by Gasteiger charge is 2.44. The van der Waals surface area contributed by atoms with Gasteiger partial charge in [0.15, 0.2) is 5.11 Å². The van der Waals surface area contributed by atoms with Crippen LogP contribution in [-0.2, 0) is 16.1 Å². The summed E-state index contributed by atoms with van der Waals surface area (Å²) >= 11 is 17.7. The lowest BCUT2D eigenvalue weighted by atomic mass is 10.1. The van der Waals surface area contributed by atoms with Gasteiger partial charge in [-0.3, -0.25) is 29.3 Å². The van der Waals surface area contributed by atoms with E-state index in [0.717, 1.165) is 0 Å². The van der Waals surface area contributed by atoms with Crippen molar-refractivity contribution in [3.63, 3.8) is 0 Å². The molecule has 3 aromatic rings. The number of carbonyl (C=O) groups excluding carboxylic acids is 2. The molecule has 38 heavy (non-hydrogen) atoms. The van der Waals surface area contributed by atoms with E-state index in [1.54, 1.807) is 72.0 Å². The zero-order valence-corrected chi connectivity index (χ0v) is 22.9. The third-order valence-electron chi connectivity index (χ3n) is 6.19. The predicted octanol–water partition coefficient (Wildman–Crippen LogP) is 5.14. The molecular formula is C25H24Cl2N6O4S. The third kappa shape index (κ3) is 5.79. The van der Waals surface area contributed by atoms with Gasteiger partial charge in [0.25, 0.3) is 5.91 Å². The molecule has 1 aliphatic heterocycles. The van der Waals surface area contributed by atoms with Crippen LogP contribution in [0.1, 0.15) is 24.2 Å². The Bertz CT molecular complexity index is 1410. The standard InChI is InChI=1S/C25H24Cl2N6O4S/c1-15-23(33(36)37)16(2)31(29-15)12-4-11-30-21(14-22(34)28-19-6-3-5-18(27)13-19)24(35)32(25(30)38)20-9-7-17(26)8-10-20/h3,5-10,13,21H,4,11-12,14H2,1-2H3,(H,28,34)/t21-/m0/s1. The van der Waals surface area contributed by atoms with E-state index < -0.39 is 11.0 Å². The first-order valence-electron chi connectivity index (χ1n) is 11.7. The van der Waals surface area contributed by atoms with Gasteiger partial charge in [-0.15, -0.1) is 0 Å². The van der Waals surface area contributed by atoms with Gasteiger partial charge in [0.1, 0.15) is 17.4 Å². The first kappa shape index (κ1) is 27.5. The molecule has 1 fully saturated rings. The molecule has 1 saturated heterocycles. The number of aryl methyl sites for hydroxylation is 2. The molecule has 2 amide bonds. The van der Waals surface area contributed by atoms with Gasteiger partial charge in [0.05, 0.1) is 17.0 Å². The largest absolute Gasteiger partial charge is 0.336 e. The van der Waals surface area contributed by atoms with Gasteiger partial charge in [0, 0.05) is 28.8 Å². The number of aromatic nitrogens is 2. The summed E-state index contributed by atoms with van der Waals surface area (Å²) in [6, 6.07) is 12.6. The van der Waals surface area contributed by atoms with Crippen molar-refractivity contribution in [2.24, 2.45) is 0 Å². The number of nitrogens with zero attached hydrogens (tertiary/aromatic N) is 5. The van der Waals surface area contributed by atoms with Crippen molar-refractivity contribution in [1.82, 2.24) is 14.7 Å². The van der Waals surface area contributed by atoms with Gasteiger partial charge in [-0.25, -0.2) is 0 Å². The van der Waals surface area contributed by atoms with Crippen LogP contribution in [0.15, 0.2) is 48.5 Å². The summed E-state index contributed by atoms with van der Waals surface area (Å²) in [7, 11) is 0. The molecule has 1 aromatic heterocycles. The maximum atomic E-state index is 13.5. The predicted molar refractivity (Wildman–Crippen MR) is 150 cm³/mol. The van der Waals surface area contributed by atoms with Gasteiger partial charge >= 0.3 is 5.69 Å². The average molecular weight is 575 g/mol. The van der Waals surface area contributed by atoms with Crippen LogP contribution in [0, 0.1) is 24.0 Å². The number of benzene rings is 2. The van der Waals surface area contributed by atoms with Crippen LogP contribution in [0.5, 0.6) is 0 Å². The Kier molecular flexibility index (Phi) is 8.29. The number of halogens is 2. The summed E-state index contributed by atoms with van der Waals surface area (Å²) in [4.78, 5) is 40.5. The molecule has 2 aromatic carbocycles. The van der Waals surface area contributed by atoms with Crippen molar-refractivity contribution in [3.8, 4) is 0 Å². The SMILES string of the molecule is Cc1nn(CCCN2C(=S)N(c3ccc(Cl)cc3)C(=O)[C@@H]2CC(=O)Nc2cccc(Cl)c2)c(C)c1[N+](=O)[O-]. The lowest BCUT2D eigenvalue weighted by Gasteiger charge is -2.24. The molecule has 10 nitrogen and oxygen atoms in total. The zero-order valence-electron chi connectivity index (χ0n) is 20.6. The second-order valence-electron chi connectivity index (χ2n) is 8.76. The van der Waals surface area contributed by atoms with Gasteiger partial charge in [-0.2, -0.15) is 5.10 Å². The molecule has 198 valence electrons. The van der Waals surface area contributed by atoms with Crippen LogP contribution >= 0.6 is 35.4 Å². The van der Waals surface area contributed by atoms with Crippen molar-refractivity contribution < 1.29 is 14.5 Å². The van der Waals surface area contributed by atoms with Crippen molar-refractivity contribution >= 4 is 69.4 Å². The smallest absolute Gasteiger partial charge is 0.312 e. The van der Waals surface area contributed by atoms with Crippen molar-refractivity contribution in [3.05, 3.63) is 80.1 Å². The van der Waals surface area contributed by atoms with E-state index in [4.69, 9.17) is 35.4 Å².